The van der Waals surface area contributed by atoms with Crippen LogP contribution in [0.2, 0.25) is 0 Å². The molecule has 0 saturated carbocycles. The molecule has 0 spiro atoms. The zero-order valence-corrected chi connectivity index (χ0v) is 9.19. The van der Waals surface area contributed by atoms with Crippen molar-refractivity contribution in [3.8, 4) is 0 Å². The van der Waals surface area contributed by atoms with Gasteiger partial charge in [-0.3, -0.25) is 0 Å². The molecule has 1 aromatic rings. The second-order valence-corrected chi connectivity index (χ2v) is 4.70. The van der Waals surface area contributed by atoms with E-state index in [1.54, 1.807) is 0 Å². The SMILES string of the molecule is C[C@@]1(O)C=C[C@H](Cc2ccccc2)CC1. The highest BCUT2D eigenvalue weighted by atomic mass is 16.3. The third-order valence-corrected chi connectivity index (χ3v) is 3.09. The summed E-state index contributed by atoms with van der Waals surface area (Å²) < 4.78 is 0. The third kappa shape index (κ3) is 2.93. The van der Waals surface area contributed by atoms with Gasteiger partial charge in [-0.15, -0.1) is 0 Å². The average molecular weight is 202 g/mol. The van der Waals surface area contributed by atoms with Gasteiger partial charge in [0.2, 0.25) is 0 Å². The number of hydrogen-bond acceptors (Lipinski definition) is 1. The molecule has 1 aliphatic carbocycles. The summed E-state index contributed by atoms with van der Waals surface area (Å²) in [6, 6.07) is 10.5. The van der Waals surface area contributed by atoms with E-state index >= 15 is 0 Å². The van der Waals surface area contributed by atoms with Crippen molar-refractivity contribution in [1.29, 1.82) is 0 Å². The topological polar surface area (TPSA) is 20.2 Å². The van der Waals surface area contributed by atoms with E-state index < -0.39 is 5.60 Å². The van der Waals surface area contributed by atoms with Crippen LogP contribution in [-0.2, 0) is 6.42 Å². The Hall–Kier alpha value is -1.08. The molecule has 1 aliphatic rings. The van der Waals surface area contributed by atoms with Gasteiger partial charge in [-0.1, -0.05) is 42.5 Å². The molecule has 2 atom stereocenters. The number of aliphatic hydroxyl groups is 1. The lowest BCUT2D eigenvalue weighted by atomic mass is 9.83. The van der Waals surface area contributed by atoms with Crippen LogP contribution >= 0.6 is 0 Å². The van der Waals surface area contributed by atoms with Crippen LogP contribution in [0.25, 0.3) is 0 Å². The van der Waals surface area contributed by atoms with Gasteiger partial charge in [-0.05, 0) is 37.7 Å². The first-order chi connectivity index (χ1) is 7.16. The highest BCUT2D eigenvalue weighted by Gasteiger charge is 2.23. The van der Waals surface area contributed by atoms with Gasteiger partial charge in [0, 0.05) is 0 Å². The molecule has 1 N–H and O–H groups in total. The molecule has 1 nitrogen and oxygen atoms in total. The summed E-state index contributed by atoms with van der Waals surface area (Å²) in [6.07, 6.45) is 7.16. The fourth-order valence-electron chi connectivity index (χ4n) is 2.09. The fraction of sp³-hybridized carbons (Fsp3) is 0.429. The molecule has 0 heterocycles. The van der Waals surface area contributed by atoms with E-state index in [1.165, 1.54) is 5.56 Å². The van der Waals surface area contributed by atoms with Gasteiger partial charge in [0.1, 0.15) is 0 Å². The van der Waals surface area contributed by atoms with E-state index in [9.17, 15) is 5.11 Å². The number of hydrogen-bond donors (Lipinski definition) is 1. The Morgan fingerprint density at radius 3 is 2.67 bits per heavy atom. The highest BCUT2D eigenvalue weighted by molar-refractivity contribution is 5.17. The first-order valence-electron chi connectivity index (χ1n) is 5.61. The van der Waals surface area contributed by atoms with Gasteiger partial charge in [0.15, 0.2) is 0 Å². The van der Waals surface area contributed by atoms with Crippen LogP contribution in [0.1, 0.15) is 25.3 Å². The maximum atomic E-state index is 9.77. The van der Waals surface area contributed by atoms with E-state index in [-0.39, 0.29) is 0 Å². The zero-order valence-electron chi connectivity index (χ0n) is 9.19. The Morgan fingerprint density at radius 1 is 1.33 bits per heavy atom. The van der Waals surface area contributed by atoms with Crippen LogP contribution in [0.3, 0.4) is 0 Å². The molecular formula is C14H18O. The van der Waals surface area contributed by atoms with Crippen molar-refractivity contribution in [1.82, 2.24) is 0 Å². The lowest BCUT2D eigenvalue weighted by molar-refractivity contribution is 0.0881. The van der Waals surface area contributed by atoms with Crippen molar-refractivity contribution >= 4 is 0 Å². The second-order valence-electron chi connectivity index (χ2n) is 4.70. The van der Waals surface area contributed by atoms with Crippen molar-refractivity contribution < 1.29 is 5.11 Å². The molecule has 0 saturated heterocycles. The summed E-state index contributed by atoms with van der Waals surface area (Å²) in [5.74, 6) is 0.590. The lowest BCUT2D eigenvalue weighted by Crippen LogP contribution is -2.26. The molecular weight excluding hydrogens is 184 g/mol. The Labute approximate surface area is 91.4 Å². The Balaban J connectivity index is 1.98. The van der Waals surface area contributed by atoms with Crippen molar-refractivity contribution in [3.05, 3.63) is 48.0 Å². The molecule has 80 valence electrons. The lowest BCUT2D eigenvalue weighted by Gasteiger charge is -2.27. The standard InChI is InChI=1S/C14H18O/c1-14(15)9-7-13(8-10-14)11-12-5-3-2-4-6-12/h2-7,9,13,15H,8,10-11H2,1H3/t13-,14+/m0/s1. The summed E-state index contributed by atoms with van der Waals surface area (Å²) in [6.45, 7) is 1.88. The van der Waals surface area contributed by atoms with Crippen LogP contribution in [0.5, 0.6) is 0 Å². The van der Waals surface area contributed by atoms with Crippen LogP contribution in [0.4, 0.5) is 0 Å². The third-order valence-electron chi connectivity index (χ3n) is 3.09. The monoisotopic (exact) mass is 202 g/mol. The largest absolute Gasteiger partial charge is 0.386 e. The molecule has 0 bridgehead atoms. The van der Waals surface area contributed by atoms with Crippen LogP contribution in [0.15, 0.2) is 42.5 Å². The fourth-order valence-corrected chi connectivity index (χ4v) is 2.09. The first-order valence-corrected chi connectivity index (χ1v) is 5.61. The van der Waals surface area contributed by atoms with Gasteiger partial charge < -0.3 is 5.11 Å². The normalized spacial score (nSPS) is 30.4. The Morgan fingerprint density at radius 2 is 2.07 bits per heavy atom. The van der Waals surface area contributed by atoms with E-state index in [2.05, 4.69) is 30.3 Å². The molecule has 15 heavy (non-hydrogen) atoms. The summed E-state index contributed by atoms with van der Waals surface area (Å²) in [5.41, 5.74) is 0.807. The van der Waals surface area contributed by atoms with E-state index in [4.69, 9.17) is 0 Å². The molecule has 0 unspecified atom stereocenters. The van der Waals surface area contributed by atoms with Gasteiger partial charge >= 0.3 is 0 Å². The zero-order chi connectivity index (χ0) is 10.7. The molecule has 2 rings (SSSR count). The average Bonchev–Trinajstić information content (AvgIpc) is 2.23. The molecule has 0 aliphatic heterocycles. The molecule has 1 aromatic carbocycles. The minimum absolute atomic E-state index is 0.576. The Bertz CT molecular complexity index is 338. The van der Waals surface area contributed by atoms with Gasteiger partial charge in [0.05, 0.1) is 5.60 Å². The summed E-state index contributed by atoms with van der Waals surface area (Å²) in [7, 11) is 0. The predicted octanol–water partition coefficient (Wildman–Crippen LogP) is 2.95. The van der Waals surface area contributed by atoms with Crippen molar-refractivity contribution in [3.63, 3.8) is 0 Å². The summed E-state index contributed by atoms with van der Waals surface area (Å²) >= 11 is 0. The Kier molecular flexibility index (Phi) is 2.92. The molecule has 0 amide bonds. The number of rotatable bonds is 2. The predicted molar refractivity (Wildman–Crippen MR) is 62.6 cm³/mol. The van der Waals surface area contributed by atoms with Gasteiger partial charge in [0.25, 0.3) is 0 Å². The van der Waals surface area contributed by atoms with Crippen molar-refractivity contribution in [2.24, 2.45) is 5.92 Å². The van der Waals surface area contributed by atoms with Crippen molar-refractivity contribution in [2.45, 2.75) is 31.8 Å². The summed E-state index contributed by atoms with van der Waals surface area (Å²) in [5, 5.41) is 9.77. The summed E-state index contributed by atoms with van der Waals surface area (Å²) in [4.78, 5) is 0. The molecule has 1 heteroatoms. The number of allylic oxidation sites excluding steroid dienone is 1. The van der Waals surface area contributed by atoms with Gasteiger partial charge in [-0.2, -0.15) is 0 Å². The number of benzene rings is 1. The van der Waals surface area contributed by atoms with E-state index in [0.29, 0.717) is 5.92 Å². The quantitative estimate of drug-likeness (QED) is 0.731. The van der Waals surface area contributed by atoms with Crippen molar-refractivity contribution in [2.75, 3.05) is 0 Å². The van der Waals surface area contributed by atoms with Crippen LogP contribution in [0, 0.1) is 5.92 Å². The van der Waals surface area contributed by atoms with E-state index in [1.807, 2.05) is 19.1 Å². The second kappa shape index (κ2) is 4.19. The minimum atomic E-state index is -0.576. The smallest absolute Gasteiger partial charge is 0.0800 e. The molecule has 0 fully saturated rings. The first kappa shape index (κ1) is 10.4. The van der Waals surface area contributed by atoms with E-state index in [0.717, 1.165) is 19.3 Å². The minimum Gasteiger partial charge on any atom is -0.386 e. The highest BCUT2D eigenvalue weighted by Crippen LogP contribution is 2.27. The maximum absolute atomic E-state index is 9.77. The molecule has 0 aromatic heterocycles. The molecule has 0 radical (unpaired) electrons. The van der Waals surface area contributed by atoms with Gasteiger partial charge in [-0.25, -0.2) is 0 Å². The van der Waals surface area contributed by atoms with Crippen LogP contribution < -0.4 is 0 Å². The maximum Gasteiger partial charge on any atom is 0.0800 e. The van der Waals surface area contributed by atoms with Crippen LogP contribution in [-0.4, -0.2) is 10.7 Å².